The van der Waals surface area contributed by atoms with Gasteiger partial charge in [0.1, 0.15) is 0 Å². The van der Waals surface area contributed by atoms with E-state index >= 15 is 0 Å². The summed E-state index contributed by atoms with van der Waals surface area (Å²) in [6, 6.07) is 17.0. The van der Waals surface area contributed by atoms with Crippen molar-refractivity contribution >= 4 is 21.6 Å². The first-order valence-corrected chi connectivity index (χ1v) is 6.63. The molecule has 0 amide bonds. The second-order valence-electron chi connectivity index (χ2n) is 4.24. The van der Waals surface area contributed by atoms with Gasteiger partial charge >= 0.3 is 0 Å². The molecule has 19 heavy (non-hydrogen) atoms. The summed E-state index contributed by atoms with van der Waals surface area (Å²) >= 11 is 1.47. The van der Waals surface area contributed by atoms with E-state index in [0.29, 0.717) is 12.1 Å². The molecule has 0 atom stereocenters. The maximum absolute atomic E-state index is 12.2. The number of fused-ring (bicyclic) bond motifs is 1. The Morgan fingerprint density at radius 1 is 1.11 bits per heavy atom. The smallest absolute Gasteiger partial charge is 0.268 e. The van der Waals surface area contributed by atoms with E-state index in [4.69, 9.17) is 5.26 Å². The van der Waals surface area contributed by atoms with Gasteiger partial charge in [-0.15, -0.1) is 0 Å². The average molecular weight is 266 g/mol. The fraction of sp³-hybridized carbons (Fsp3) is 0.0667. The molecule has 92 valence electrons. The Balaban J connectivity index is 1.99. The predicted molar refractivity (Wildman–Crippen MR) is 76.3 cm³/mol. The molecule has 0 saturated heterocycles. The summed E-state index contributed by atoms with van der Waals surface area (Å²) in [7, 11) is 0. The summed E-state index contributed by atoms with van der Waals surface area (Å²) in [5.41, 5.74) is 1.70. The highest BCUT2D eigenvalue weighted by molar-refractivity contribution is 7.13. The lowest BCUT2D eigenvalue weighted by Crippen LogP contribution is -2.13. The van der Waals surface area contributed by atoms with Gasteiger partial charge in [-0.25, -0.2) is 0 Å². The summed E-state index contributed by atoms with van der Waals surface area (Å²) in [5, 5.41) is 9.52. The Labute approximate surface area is 114 Å². The molecule has 0 saturated carbocycles. The van der Waals surface area contributed by atoms with Gasteiger partial charge in [0.05, 0.1) is 28.3 Å². The maximum Gasteiger partial charge on any atom is 0.268 e. The fourth-order valence-corrected chi connectivity index (χ4v) is 3.00. The molecule has 2 aromatic carbocycles. The van der Waals surface area contributed by atoms with Gasteiger partial charge < -0.3 is 0 Å². The minimum Gasteiger partial charge on any atom is -0.268 e. The standard InChI is InChI=1S/C15H10N2OS/c16-9-11-5-7-12(8-6-11)10-17-15(18)13-3-1-2-4-14(13)19-17/h1-8H,10H2. The zero-order valence-electron chi connectivity index (χ0n) is 10.0. The van der Waals surface area contributed by atoms with E-state index in [1.165, 1.54) is 11.5 Å². The first-order chi connectivity index (χ1) is 9.28. The van der Waals surface area contributed by atoms with Crippen molar-refractivity contribution in [1.29, 1.82) is 5.26 Å². The third kappa shape index (κ3) is 2.16. The molecule has 1 heterocycles. The summed E-state index contributed by atoms with van der Waals surface area (Å²) in [5.74, 6) is 0. The number of hydrogen-bond donors (Lipinski definition) is 0. The summed E-state index contributed by atoms with van der Waals surface area (Å²) < 4.78 is 2.74. The number of nitrogens with zero attached hydrogens (tertiary/aromatic N) is 2. The largest absolute Gasteiger partial charge is 0.268 e. The van der Waals surface area contributed by atoms with Crippen LogP contribution in [0.25, 0.3) is 10.1 Å². The van der Waals surface area contributed by atoms with Crippen molar-refractivity contribution in [2.75, 3.05) is 0 Å². The van der Waals surface area contributed by atoms with Gasteiger partial charge in [-0.2, -0.15) is 5.26 Å². The SMILES string of the molecule is N#Cc1ccc(Cn2sc3ccccc3c2=O)cc1. The van der Waals surface area contributed by atoms with Gasteiger partial charge in [-0.3, -0.25) is 8.75 Å². The number of rotatable bonds is 2. The Kier molecular flexibility index (Phi) is 2.90. The van der Waals surface area contributed by atoms with Crippen molar-refractivity contribution in [3.63, 3.8) is 0 Å². The predicted octanol–water partition coefficient (Wildman–Crippen LogP) is 2.98. The molecule has 0 aliphatic rings. The molecule has 3 aromatic rings. The molecule has 0 fully saturated rings. The lowest BCUT2D eigenvalue weighted by Gasteiger charge is -2.00. The van der Waals surface area contributed by atoms with Gasteiger partial charge in [0.2, 0.25) is 0 Å². The van der Waals surface area contributed by atoms with E-state index in [1.807, 2.05) is 36.4 Å². The van der Waals surface area contributed by atoms with Gasteiger partial charge in [-0.1, -0.05) is 35.8 Å². The molecule has 3 nitrogen and oxygen atoms in total. The Morgan fingerprint density at radius 2 is 1.84 bits per heavy atom. The Hall–Kier alpha value is -2.38. The van der Waals surface area contributed by atoms with E-state index < -0.39 is 0 Å². The molecular formula is C15H10N2OS. The van der Waals surface area contributed by atoms with Crippen LogP contribution in [0.4, 0.5) is 0 Å². The van der Waals surface area contributed by atoms with Gasteiger partial charge in [-0.05, 0) is 29.8 Å². The van der Waals surface area contributed by atoms with Crippen LogP contribution in [0.15, 0.2) is 53.3 Å². The van der Waals surface area contributed by atoms with Crippen LogP contribution in [0.5, 0.6) is 0 Å². The maximum atomic E-state index is 12.2. The van der Waals surface area contributed by atoms with Crippen molar-refractivity contribution in [3.05, 3.63) is 70.0 Å². The lowest BCUT2D eigenvalue weighted by atomic mass is 10.1. The summed E-state index contributed by atoms with van der Waals surface area (Å²) in [4.78, 5) is 12.2. The zero-order chi connectivity index (χ0) is 13.2. The highest BCUT2D eigenvalue weighted by Gasteiger charge is 2.06. The first kappa shape index (κ1) is 11.7. The molecule has 0 spiro atoms. The Bertz CT molecular complexity index is 822. The van der Waals surface area contributed by atoms with Crippen molar-refractivity contribution in [1.82, 2.24) is 3.96 Å². The number of benzene rings is 2. The fourth-order valence-electron chi connectivity index (χ4n) is 1.97. The Morgan fingerprint density at radius 3 is 2.53 bits per heavy atom. The topological polar surface area (TPSA) is 45.8 Å². The summed E-state index contributed by atoms with van der Waals surface area (Å²) in [6.07, 6.45) is 0. The normalized spacial score (nSPS) is 10.5. The van der Waals surface area contributed by atoms with Gasteiger partial charge in [0.25, 0.3) is 5.56 Å². The molecule has 1 aromatic heterocycles. The van der Waals surface area contributed by atoms with Crippen LogP contribution in [0.1, 0.15) is 11.1 Å². The molecule has 0 aliphatic heterocycles. The van der Waals surface area contributed by atoms with Crippen molar-refractivity contribution in [3.8, 4) is 6.07 Å². The molecule has 0 bridgehead atoms. The van der Waals surface area contributed by atoms with Gasteiger partial charge in [0.15, 0.2) is 0 Å². The molecular weight excluding hydrogens is 256 g/mol. The van der Waals surface area contributed by atoms with Crippen LogP contribution in [-0.2, 0) is 6.54 Å². The number of hydrogen-bond acceptors (Lipinski definition) is 3. The molecule has 0 aliphatic carbocycles. The van der Waals surface area contributed by atoms with Crippen molar-refractivity contribution < 1.29 is 0 Å². The minimum atomic E-state index is 0.0463. The van der Waals surface area contributed by atoms with Crippen LogP contribution in [0, 0.1) is 11.3 Å². The minimum absolute atomic E-state index is 0.0463. The lowest BCUT2D eigenvalue weighted by molar-refractivity contribution is 0.854. The van der Waals surface area contributed by atoms with Gasteiger partial charge in [0, 0.05) is 0 Å². The van der Waals surface area contributed by atoms with E-state index in [0.717, 1.165) is 15.6 Å². The van der Waals surface area contributed by atoms with Crippen LogP contribution >= 0.6 is 11.5 Å². The third-order valence-electron chi connectivity index (χ3n) is 2.96. The summed E-state index contributed by atoms with van der Waals surface area (Å²) in [6.45, 7) is 0.546. The molecule has 0 radical (unpaired) electrons. The number of nitriles is 1. The first-order valence-electron chi connectivity index (χ1n) is 5.86. The average Bonchev–Trinajstić information content (AvgIpc) is 2.77. The second-order valence-corrected chi connectivity index (χ2v) is 5.30. The molecule has 3 rings (SSSR count). The van der Waals surface area contributed by atoms with E-state index in [1.54, 1.807) is 16.1 Å². The van der Waals surface area contributed by atoms with E-state index in [-0.39, 0.29) is 5.56 Å². The third-order valence-corrected chi connectivity index (χ3v) is 4.03. The van der Waals surface area contributed by atoms with E-state index in [9.17, 15) is 4.79 Å². The van der Waals surface area contributed by atoms with Crippen molar-refractivity contribution in [2.45, 2.75) is 6.54 Å². The van der Waals surface area contributed by atoms with Crippen LogP contribution in [0.3, 0.4) is 0 Å². The quantitative estimate of drug-likeness (QED) is 0.715. The van der Waals surface area contributed by atoms with E-state index in [2.05, 4.69) is 6.07 Å². The van der Waals surface area contributed by atoms with Crippen LogP contribution in [-0.4, -0.2) is 3.96 Å². The zero-order valence-corrected chi connectivity index (χ0v) is 10.9. The monoisotopic (exact) mass is 266 g/mol. The molecule has 4 heteroatoms. The second kappa shape index (κ2) is 4.71. The highest BCUT2D eigenvalue weighted by atomic mass is 32.1. The highest BCUT2D eigenvalue weighted by Crippen LogP contribution is 2.17. The molecule has 0 N–H and O–H groups in total. The van der Waals surface area contributed by atoms with Crippen molar-refractivity contribution in [2.24, 2.45) is 0 Å². The number of aromatic nitrogens is 1. The van der Waals surface area contributed by atoms with Crippen LogP contribution in [0.2, 0.25) is 0 Å². The van der Waals surface area contributed by atoms with Crippen LogP contribution < -0.4 is 5.56 Å². The molecule has 0 unspecified atom stereocenters.